The van der Waals surface area contributed by atoms with Crippen LogP contribution in [-0.4, -0.2) is 11.6 Å². The molecule has 0 aliphatic rings. The van der Waals surface area contributed by atoms with Crippen LogP contribution < -0.4 is 10.5 Å². The molecule has 2 rings (SSSR count). The summed E-state index contributed by atoms with van der Waals surface area (Å²) in [5.41, 5.74) is 7.97. The minimum Gasteiger partial charge on any atom is -0.491 e. The fourth-order valence-corrected chi connectivity index (χ4v) is 1.76. The number of nitrogens with zero attached hydrogens (tertiary/aromatic N) is 1. The third kappa shape index (κ3) is 2.16. The maximum atomic E-state index is 13.7. The third-order valence-electron chi connectivity index (χ3n) is 2.61. The molecule has 0 radical (unpaired) electrons. The van der Waals surface area contributed by atoms with Gasteiger partial charge in [0.1, 0.15) is 0 Å². The minimum atomic E-state index is -0.403. The zero-order valence-electron chi connectivity index (χ0n) is 9.96. The summed E-state index contributed by atoms with van der Waals surface area (Å²) < 4.78 is 18.9. The Morgan fingerprint density at radius 2 is 2.06 bits per heavy atom. The Labute approximate surface area is 99.4 Å². The Morgan fingerprint density at radius 3 is 2.71 bits per heavy atom. The van der Waals surface area contributed by atoms with Crippen molar-refractivity contribution in [2.75, 3.05) is 12.3 Å². The van der Waals surface area contributed by atoms with Gasteiger partial charge in [-0.3, -0.25) is 4.98 Å². The molecule has 1 aromatic carbocycles. The maximum absolute atomic E-state index is 13.7. The molecule has 4 heteroatoms. The number of hydrogen-bond donors (Lipinski definition) is 1. The predicted molar refractivity (Wildman–Crippen MR) is 66.7 cm³/mol. The summed E-state index contributed by atoms with van der Waals surface area (Å²) in [4.78, 5) is 4.34. The summed E-state index contributed by atoms with van der Waals surface area (Å²) in [6.45, 7) is 4.22. The van der Waals surface area contributed by atoms with Crippen LogP contribution in [0.1, 0.15) is 19.5 Å². The number of benzene rings is 1. The van der Waals surface area contributed by atoms with E-state index in [-0.39, 0.29) is 5.75 Å². The van der Waals surface area contributed by atoms with E-state index in [1.807, 2.05) is 19.9 Å². The number of aryl methyl sites for hydroxylation is 1. The molecule has 0 aliphatic carbocycles. The highest BCUT2D eigenvalue weighted by molar-refractivity contribution is 5.91. The lowest BCUT2D eigenvalue weighted by Gasteiger charge is -2.09. The molecule has 3 nitrogen and oxygen atoms in total. The normalized spacial score (nSPS) is 10.8. The van der Waals surface area contributed by atoms with Gasteiger partial charge in [0.05, 0.1) is 12.1 Å². The van der Waals surface area contributed by atoms with Crippen LogP contribution in [0.15, 0.2) is 18.2 Å². The van der Waals surface area contributed by atoms with Crippen molar-refractivity contribution in [3.8, 4) is 5.75 Å². The summed E-state index contributed by atoms with van der Waals surface area (Å²) in [5.74, 6) is -0.183. The van der Waals surface area contributed by atoms with Gasteiger partial charge in [0.2, 0.25) is 0 Å². The van der Waals surface area contributed by atoms with Gasteiger partial charge in [0, 0.05) is 22.8 Å². The molecule has 0 atom stereocenters. The summed E-state index contributed by atoms with van der Waals surface area (Å²) in [7, 11) is 0. The van der Waals surface area contributed by atoms with Crippen LogP contribution in [-0.2, 0) is 6.42 Å². The number of ether oxygens (including phenoxy) is 1. The molecule has 0 spiro atoms. The van der Waals surface area contributed by atoms with Gasteiger partial charge in [-0.05, 0) is 25.5 Å². The van der Waals surface area contributed by atoms with Gasteiger partial charge < -0.3 is 10.5 Å². The first kappa shape index (κ1) is 11.6. The Kier molecular flexibility index (Phi) is 3.13. The van der Waals surface area contributed by atoms with E-state index < -0.39 is 5.82 Å². The molecule has 2 N–H and O–H groups in total. The molecule has 0 saturated heterocycles. The molecule has 0 amide bonds. The van der Waals surface area contributed by atoms with Crippen molar-refractivity contribution in [3.05, 3.63) is 29.7 Å². The van der Waals surface area contributed by atoms with E-state index in [1.54, 1.807) is 6.07 Å². The molecule has 0 bridgehead atoms. The van der Waals surface area contributed by atoms with E-state index in [0.717, 1.165) is 17.5 Å². The highest BCUT2D eigenvalue weighted by Crippen LogP contribution is 2.28. The van der Waals surface area contributed by atoms with Crippen LogP contribution in [0.5, 0.6) is 5.75 Å². The zero-order chi connectivity index (χ0) is 12.4. The van der Waals surface area contributed by atoms with E-state index in [2.05, 4.69) is 4.98 Å². The van der Waals surface area contributed by atoms with E-state index in [0.29, 0.717) is 17.8 Å². The molecular weight excluding hydrogens is 219 g/mol. The van der Waals surface area contributed by atoms with Gasteiger partial charge in [-0.25, -0.2) is 4.39 Å². The van der Waals surface area contributed by atoms with Crippen molar-refractivity contribution in [1.29, 1.82) is 0 Å². The number of nitrogen functional groups attached to an aromatic ring is 1. The van der Waals surface area contributed by atoms with E-state index in [1.165, 1.54) is 6.07 Å². The van der Waals surface area contributed by atoms with Crippen LogP contribution in [0.3, 0.4) is 0 Å². The fraction of sp³-hybridized carbons (Fsp3) is 0.308. The van der Waals surface area contributed by atoms with Crippen LogP contribution in [0, 0.1) is 5.82 Å². The van der Waals surface area contributed by atoms with Crippen molar-refractivity contribution >= 4 is 16.6 Å². The Morgan fingerprint density at radius 1 is 1.29 bits per heavy atom. The fourth-order valence-electron chi connectivity index (χ4n) is 1.76. The molecule has 0 aliphatic heterocycles. The lowest BCUT2D eigenvalue weighted by atomic mass is 10.1. The maximum Gasteiger partial charge on any atom is 0.167 e. The quantitative estimate of drug-likeness (QED) is 0.888. The van der Waals surface area contributed by atoms with Crippen LogP contribution in [0.4, 0.5) is 10.1 Å². The van der Waals surface area contributed by atoms with Crippen molar-refractivity contribution < 1.29 is 9.13 Å². The van der Waals surface area contributed by atoms with E-state index in [4.69, 9.17) is 10.5 Å². The van der Waals surface area contributed by atoms with Crippen LogP contribution >= 0.6 is 0 Å². The van der Waals surface area contributed by atoms with Gasteiger partial charge in [0.25, 0.3) is 0 Å². The zero-order valence-corrected chi connectivity index (χ0v) is 9.96. The number of halogens is 1. The van der Waals surface area contributed by atoms with Gasteiger partial charge in [-0.1, -0.05) is 6.92 Å². The molecule has 0 saturated carbocycles. The molecule has 2 aromatic rings. The molecule has 17 heavy (non-hydrogen) atoms. The highest BCUT2D eigenvalue weighted by atomic mass is 19.1. The first-order chi connectivity index (χ1) is 8.15. The number of rotatable bonds is 3. The average molecular weight is 234 g/mol. The standard InChI is InChI=1S/C13H15FN2O/c1-3-8-5-11(15)9-6-13(17-4-2)10(14)7-12(9)16-8/h5-7H,3-4H2,1-2H3,(H2,15,16). The topological polar surface area (TPSA) is 48.1 Å². The van der Waals surface area contributed by atoms with Crippen molar-refractivity contribution in [2.45, 2.75) is 20.3 Å². The molecule has 0 fully saturated rings. The average Bonchev–Trinajstić information content (AvgIpc) is 2.31. The molecule has 1 heterocycles. The SMILES string of the molecule is CCOc1cc2c(N)cc(CC)nc2cc1F. The lowest BCUT2D eigenvalue weighted by molar-refractivity contribution is 0.322. The van der Waals surface area contributed by atoms with Crippen LogP contribution in [0.25, 0.3) is 10.9 Å². The smallest absolute Gasteiger partial charge is 0.167 e. The Bertz CT molecular complexity index is 555. The number of fused-ring (bicyclic) bond motifs is 1. The molecule has 90 valence electrons. The van der Waals surface area contributed by atoms with Crippen molar-refractivity contribution in [3.63, 3.8) is 0 Å². The second kappa shape index (κ2) is 4.57. The number of hydrogen-bond acceptors (Lipinski definition) is 3. The van der Waals surface area contributed by atoms with Crippen molar-refractivity contribution in [2.24, 2.45) is 0 Å². The molecule has 0 unspecified atom stereocenters. The number of aromatic nitrogens is 1. The Hall–Kier alpha value is -1.84. The van der Waals surface area contributed by atoms with Crippen molar-refractivity contribution in [1.82, 2.24) is 4.98 Å². The minimum absolute atomic E-state index is 0.220. The summed E-state index contributed by atoms with van der Waals surface area (Å²) in [6, 6.07) is 4.79. The second-order valence-corrected chi connectivity index (χ2v) is 3.79. The summed E-state index contributed by atoms with van der Waals surface area (Å²) >= 11 is 0. The van der Waals surface area contributed by atoms with Crippen LogP contribution in [0.2, 0.25) is 0 Å². The third-order valence-corrected chi connectivity index (χ3v) is 2.61. The summed E-state index contributed by atoms with van der Waals surface area (Å²) in [5, 5.41) is 0.729. The largest absolute Gasteiger partial charge is 0.491 e. The van der Waals surface area contributed by atoms with Gasteiger partial charge in [-0.2, -0.15) is 0 Å². The lowest BCUT2D eigenvalue weighted by Crippen LogP contribution is -1.98. The highest BCUT2D eigenvalue weighted by Gasteiger charge is 2.09. The number of anilines is 1. The molecule has 1 aromatic heterocycles. The number of nitrogens with two attached hydrogens (primary N) is 1. The first-order valence-electron chi connectivity index (χ1n) is 5.67. The number of pyridine rings is 1. The predicted octanol–water partition coefficient (Wildman–Crippen LogP) is 2.92. The van der Waals surface area contributed by atoms with Gasteiger partial charge in [-0.15, -0.1) is 0 Å². The second-order valence-electron chi connectivity index (χ2n) is 3.79. The van der Waals surface area contributed by atoms with Gasteiger partial charge >= 0.3 is 0 Å². The van der Waals surface area contributed by atoms with E-state index in [9.17, 15) is 4.39 Å². The van der Waals surface area contributed by atoms with Gasteiger partial charge in [0.15, 0.2) is 11.6 Å². The van der Waals surface area contributed by atoms with E-state index >= 15 is 0 Å². The summed E-state index contributed by atoms with van der Waals surface area (Å²) in [6.07, 6.45) is 0.773. The first-order valence-corrected chi connectivity index (χ1v) is 5.67. The Balaban J connectivity index is 2.65. The monoisotopic (exact) mass is 234 g/mol. The molecular formula is C13H15FN2O.